The van der Waals surface area contributed by atoms with E-state index < -0.39 is 4.92 Å². The number of aromatic nitrogens is 1. The number of thiocarbonyl (C=S) groups is 1. The lowest BCUT2D eigenvalue weighted by atomic mass is 10.0. The summed E-state index contributed by atoms with van der Waals surface area (Å²) in [5, 5.41) is 15.2. The number of non-ortho nitro benzene ring substituents is 1. The fourth-order valence-electron chi connectivity index (χ4n) is 4.24. The van der Waals surface area contributed by atoms with Crippen molar-refractivity contribution in [3.63, 3.8) is 0 Å². The molecule has 5 rings (SSSR count). The van der Waals surface area contributed by atoms with Crippen LogP contribution in [0.3, 0.4) is 0 Å². The molecule has 34 heavy (non-hydrogen) atoms. The molecule has 1 aliphatic heterocycles. The lowest BCUT2D eigenvalue weighted by Gasteiger charge is -2.26. The Labute approximate surface area is 202 Å². The summed E-state index contributed by atoms with van der Waals surface area (Å²) in [5.74, 6) is 1.24. The number of hydrogen-bond acceptors (Lipinski definition) is 5. The third-order valence-electron chi connectivity index (χ3n) is 6.13. The molecule has 2 aromatic heterocycles. The first-order chi connectivity index (χ1) is 16.4. The summed E-state index contributed by atoms with van der Waals surface area (Å²) >= 11 is 5.77. The molecule has 2 atom stereocenters. The van der Waals surface area contributed by atoms with Gasteiger partial charge >= 0.3 is 0 Å². The van der Waals surface area contributed by atoms with Gasteiger partial charge in [-0.05, 0) is 73.6 Å². The van der Waals surface area contributed by atoms with Crippen LogP contribution in [0.1, 0.15) is 34.7 Å². The van der Waals surface area contributed by atoms with E-state index in [9.17, 15) is 10.1 Å². The zero-order chi connectivity index (χ0) is 23.8. The van der Waals surface area contributed by atoms with Crippen LogP contribution in [-0.2, 0) is 0 Å². The fraction of sp³-hybridized carbons (Fsp3) is 0.154. The molecule has 0 radical (unpaired) electrons. The molecule has 0 amide bonds. The molecule has 8 heteroatoms. The van der Waals surface area contributed by atoms with Crippen LogP contribution in [0.25, 0.3) is 11.3 Å². The molecule has 4 aromatic rings. The van der Waals surface area contributed by atoms with Crippen LogP contribution in [-0.4, -0.2) is 15.0 Å². The molecule has 170 valence electrons. The smallest absolute Gasteiger partial charge is 0.270 e. The minimum atomic E-state index is -0.411. The highest BCUT2D eigenvalue weighted by Crippen LogP contribution is 2.43. The predicted molar refractivity (Wildman–Crippen MR) is 135 cm³/mol. The first kappa shape index (κ1) is 21.8. The summed E-state index contributed by atoms with van der Waals surface area (Å²) in [7, 11) is 0. The number of furan rings is 1. The van der Waals surface area contributed by atoms with Gasteiger partial charge in [0.1, 0.15) is 17.6 Å². The highest BCUT2D eigenvalue weighted by Gasteiger charge is 2.42. The number of anilines is 1. The van der Waals surface area contributed by atoms with E-state index in [-0.39, 0.29) is 17.8 Å². The van der Waals surface area contributed by atoms with Crippen molar-refractivity contribution in [2.75, 3.05) is 4.90 Å². The Morgan fingerprint density at radius 1 is 1.03 bits per heavy atom. The second kappa shape index (κ2) is 8.72. The van der Waals surface area contributed by atoms with Crippen molar-refractivity contribution in [1.29, 1.82) is 0 Å². The van der Waals surface area contributed by atoms with Crippen molar-refractivity contribution in [2.24, 2.45) is 0 Å². The summed E-state index contributed by atoms with van der Waals surface area (Å²) < 4.78 is 6.30. The zero-order valence-corrected chi connectivity index (χ0v) is 19.5. The highest BCUT2D eigenvalue weighted by molar-refractivity contribution is 7.80. The lowest BCUT2D eigenvalue weighted by molar-refractivity contribution is -0.384. The summed E-state index contributed by atoms with van der Waals surface area (Å²) in [6.45, 7) is 4.15. The van der Waals surface area contributed by atoms with Crippen LogP contribution in [0.15, 0.2) is 83.4 Å². The second-order valence-corrected chi connectivity index (χ2v) is 8.66. The highest BCUT2D eigenvalue weighted by atomic mass is 32.1. The third-order valence-corrected chi connectivity index (χ3v) is 6.44. The molecule has 0 unspecified atom stereocenters. The molecular weight excluding hydrogens is 448 g/mol. The van der Waals surface area contributed by atoms with Crippen LogP contribution in [0, 0.1) is 24.0 Å². The quantitative estimate of drug-likeness (QED) is 0.216. The predicted octanol–water partition coefficient (Wildman–Crippen LogP) is 6.04. The average Bonchev–Trinajstić information content (AvgIpc) is 3.46. The van der Waals surface area contributed by atoms with Gasteiger partial charge in [-0.1, -0.05) is 24.3 Å². The molecule has 7 nitrogen and oxygen atoms in total. The van der Waals surface area contributed by atoms with E-state index in [0.29, 0.717) is 22.2 Å². The second-order valence-electron chi connectivity index (χ2n) is 8.27. The first-order valence-corrected chi connectivity index (χ1v) is 11.3. The normalized spacial score (nSPS) is 17.6. The van der Waals surface area contributed by atoms with Gasteiger partial charge in [0, 0.05) is 29.6 Å². The largest absolute Gasteiger partial charge is 0.459 e. The summed E-state index contributed by atoms with van der Waals surface area (Å²) in [6, 6.07) is 21.7. The Hall–Kier alpha value is -4.04. The molecular formula is C26H22N4O3S. The topological polar surface area (TPSA) is 84.4 Å². The first-order valence-electron chi connectivity index (χ1n) is 10.8. The number of rotatable bonds is 5. The lowest BCUT2D eigenvalue weighted by Crippen LogP contribution is -2.29. The van der Waals surface area contributed by atoms with Gasteiger partial charge in [0.05, 0.1) is 16.7 Å². The van der Waals surface area contributed by atoms with Gasteiger partial charge in [-0.15, -0.1) is 0 Å². The number of pyridine rings is 1. The number of nitrogens with one attached hydrogen (secondary N) is 1. The Morgan fingerprint density at radius 3 is 2.62 bits per heavy atom. The van der Waals surface area contributed by atoms with Crippen molar-refractivity contribution in [3.05, 3.63) is 112 Å². The molecule has 0 bridgehead atoms. The Morgan fingerprint density at radius 2 is 1.88 bits per heavy atom. The van der Waals surface area contributed by atoms with Crippen molar-refractivity contribution < 1.29 is 9.34 Å². The molecule has 1 N–H and O–H groups in total. The van der Waals surface area contributed by atoms with Gasteiger partial charge in [-0.2, -0.15) is 0 Å². The average molecular weight is 471 g/mol. The number of nitrogens with zero attached hydrogens (tertiary/aromatic N) is 3. The van der Waals surface area contributed by atoms with E-state index in [1.165, 1.54) is 17.7 Å². The standard InChI is InChI=1S/C26H22N4O3S/c1-16-9-10-19(14-17(16)2)29-25(24(28-26(29)34)21-8-3-4-13-27-21)23-12-11-22(33-23)18-6-5-7-20(15-18)30(31)32/h3-15,24-25H,1-2H3,(H,28,34)/t24-,25+/m0/s1. The number of benzene rings is 2. The Balaban J connectivity index is 1.60. The number of nitro groups is 1. The van der Waals surface area contributed by atoms with Crippen molar-refractivity contribution >= 4 is 28.7 Å². The maximum atomic E-state index is 11.2. The van der Waals surface area contributed by atoms with Crippen molar-refractivity contribution in [3.8, 4) is 11.3 Å². The van der Waals surface area contributed by atoms with Gasteiger partial charge in [0.2, 0.25) is 0 Å². The van der Waals surface area contributed by atoms with Crippen LogP contribution in [0.5, 0.6) is 0 Å². The van der Waals surface area contributed by atoms with E-state index in [1.54, 1.807) is 18.3 Å². The summed E-state index contributed by atoms with van der Waals surface area (Å²) in [4.78, 5) is 17.4. The molecule has 0 aliphatic carbocycles. The minimum Gasteiger partial charge on any atom is -0.459 e. The number of hydrogen-bond donors (Lipinski definition) is 1. The van der Waals surface area contributed by atoms with Crippen LogP contribution in [0.2, 0.25) is 0 Å². The molecule has 0 spiro atoms. The Kier molecular flexibility index (Phi) is 5.59. The maximum Gasteiger partial charge on any atom is 0.270 e. The monoisotopic (exact) mass is 470 g/mol. The number of aryl methyl sites for hydroxylation is 2. The molecule has 1 fully saturated rings. The van der Waals surface area contributed by atoms with Gasteiger partial charge in [0.25, 0.3) is 5.69 Å². The minimum absolute atomic E-state index is 0.0160. The van der Waals surface area contributed by atoms with Crippen molar-refractivity contribution in [2.45, 2.75) is 25.9 Å². The fourth-order valence-corrected chi connectivity index (χ4v) is 4.58. The van der Waals surface area contributed by atoms with Crippen molar-refractivity contribution in [1.82, 2.24) is 10.3 Å². The maximum absolute atomic E-state index is 11.2. The van der Waals surface area contributed by atoms with E-state index >= 15 is 0 Å². The molecule has 2 aromatic carbocycles. The zero-order valence-electron chi connectivity index (χ0n) is 18.6. The SMILES string of the molecule is Cc1ccc(N2C(=S)N[C@@H](c3ccccn3)[C@H]2c2ccc(-c3cccc([N+](=O)[O-])c3)o2)cc1C. The summed E-state index contributed by atoms with van der Waals surface area (Å²) in [6.07, 6.45) is 1.76. The molecule has 1 aliphatic rings. The Bertz CT molecular complexity index is 1390. The van der Waals surface area contributed by atoms with Crippen LogP contribution >= 0.6 is 12.2 Å². The van der Waals surface area contributed by atoms with Gasteiger partial charge in [0.15, 0.2) is 5.11 Å². The van der Waals surface area contributed by atoms with Crippen LogP contribution in [0.4, 0.5) is 11.4 Å². The molecule has 0 saturated carbocycles. The summed E-state index contributed by atoms with van der Waals surface area (Å²) in [5.41, 5.74) is 4.82. The third kappa shape index (κ3) is 3.92. The number of nitro benzene ring substituents is 1. The van der Waals surface area contributed by atoms with E-state index in [2.05, 4.69) is 47.2 Å². The van der Waals surface area contributed by atoms with Gasteiger partial charge in [-0.3, -0.25) is 15.1 Å². The van der Waals surface area contributed by atoms with E-state index in [0.717, 1.165) is 16.9 Å². The van der Waals surface area contributed by atoms with E-state index in [4.69, 9.17) is 16.6 Å². The van der Waals surface area contributed by atoms with Gasteiger partial charge in [-0.25, -0.2) is 0 Å². The molecule has 3 heterocycles. The van der Waals surface area contributed by atoms with Gasteiger partial charge < -0.3 is 14.6 Å². The van der Waals surface area contributed by atoms with E-state index in [1.807, 2.05) is 30.3 Å². The van der Waals surface area contributed by atoms with Crippen LogP contribution < -0.4 is 10.2 Å². The molecule has 1 saturated heterocycles.